The second kappa shape index (κ2) is 12.7. The Morgan fingerprint density at radius 1 is 0.636 bits per heavy atom. The average Bonchev–Trinajstić information content (AvgIpc) is 3.73. The number of rotatable bonds is 5. The fourth-order valence-corrected chi connectivity index (χ4v) is 8.51. The molecular formula is C49H50N4OPt+2. The van der Waals surface area contributed by atoms with Gasteiger partial charge in [-0.25, -0.2) is 4.98 Å². The molecule has 10 rings (SSSR count). The molecule has 2 aromatic heterocycles. The molecule has 3 aliphatic rings. The molecule has 55 heavy (non-hydrogen) atoms. The van der Waals surface area contributed by atoms with Crippen LogP contribution in [0.3, 0.4) is 0 Å². The largest absolute Gasteiger partial charge is 2.00 e. The van der Waals surface area contributed by atoms with Gasteiger partial charge in [0.2, 0.25) is 0 Å². The number of para-hydroxylation sites is 4. The van der Waals surface area contributed by atoms with Gasteiger partial charge in [0, 0.05) is 52.7 Å². The summed E-state index contributed by atoms with van der Waals surface area (Å²) in [5.74, 6) is 2.34. The van der Waals surface area contributed by atoms with E-state index in [0.29, 0.717) is 14.7 Å². The van der Waals surface area contributed by atoms with Crippen LogP contribution in [0.4, 0.5) is 22.7 Å². The van der Waals surface area contributed by atoms with Crippen molar-refractivity contribution in [3.8, 4) is 17.3 Å². The zero-order chi connectivity index (χ0) is 37.8. The summed E-state index contributed by atoms with van der Waals surface area (Å²) >= 11 is 0. The van der Waals surface area contributed by atoms with Crippen LogP contribution in [0.5, 0.6) is 11.5 Å². The van der Waals surface area contributed by atoms with Crippen LogP contribution in [0.1, 0.15) is 79.0 Å². The number of nitrogens with zero attached hydrogens (tertiary/aromatic N) is 4. The van der Waals surface area contributed by atoms with E-state index in [4.69, 9.17) is 9.72 Å². The first-order chi connectivity index (χ1) is 25.6. The molecule has 5 nitrogen and oxygen atoms in total. The molecule has 2 bridgehead atoms. The van der Waals surface area contributed by atoms with Crippen molar-refractivity contribution in [2.45, 2.75) is 78.6 Å². The van der Waals surface area contributed by atoms with Crippen LogP contribution in [0, 0.1) is 12.7 Å². The molecule has 5 heterocycles. The van der Waals surface area contributed by atoms with Crippen molar-refractivity contribution in [1.29, 1.82) is 0 Å². The Morgan fingerprint density at radius 2 is 1.24 bits per heavy atom. The van der Waals surface area contributed by atoms with Crippen LogP contribution in [-0.2, 0) is 37.3 Å². The molecule has 0 N–H and O–H groups in total. The van der Waals surface area contributed by atoms with Gasteiger partial charge in [0.1, 0.15) is 17.3 Å². The molecule has 5 aromatic carbocycles. The quantitative estimate of drug-likeness (QED) is 0.127. The zero-order valence-corrected chi connectivity index (χ0v) is 35.6. The first kappa shape index (κ1) is 37.4. The summed E-state index contributed by atoms with van der Waals surface area (Å²) < 4.78 is 10.5. The maximum absolute atomic E-state index is 6.91. The maximum atomic E-state index is 6.91. The van der Waals surface area contributed by atoms with Gasteiger partial charge in [0.05, 0.1) is 17.7 Å². The van der Waals surface area contributed by atoms with Gasteiger partial charge in [-0.05, 0) is 57.2 Å². The van der Waals surface area contributed by atoms with Gasteiger partial charge in [-0.15, -0.1) is 12.1 Å². The van der Waals surface area contributed by atoms with E-state index in [1.54, 1.807) is 0 Å². The van der Waals surface area contributed by atoms with Crippen molar-refractivity contribution < 1.29 is 25.8 Å². The van der Waals surface area contributed by atoms with E-state index in [9.17, 15) is 0 Å². The number of hydrogen-bond acceptors (Lipinski definition) is 2. The van der Waals surface area contributed by atoms with Gasteiger partial charge < -0.3 is 9.22 Å². The molecule has 0 spiro atoms. The van der Waals surface area contributed by atoms with Crippen molar-refractivity contribution >= 4 is 44.6 Å². The predicted octanol–water partition coefficient (Wildman–Crippen LogP) is 13.0. The van der Waals surface area contributed by atoms with Crippen LogP contribution in [0.25, 0.3) is 27.6 Å². The molecule has 0 aliphatic carbocycles. The van der Waals surface area contributed by atoms with E-state index in [1.165, 1.54) is 39.1 Å². The van der Waals surface area contributed by atoms with Crippen LogP contribution in [0.2, 0.25) is 0 Å². The van der Waals surface area contributed by atoms with Crippen molar-refractivity contribution in [3.05, 3.63) is 151 Å². The number of benzene rings is 5. The second-order valence-electron chi connectivity index (χ2n) is 18.4. The minimum Gasteiger partial charge on any atom is -0.481 e. The van der Waals surface area contributed by atoms with Gasteiger partial charge in [-0.2, -0.15) is 6.07 Å². The summed E-state index contributed by atoms with van der Waals surface area (Å²) in [6.45, 7) is 24.0. The molecule has 280 valence electrons. The molecule has 0 amide bonds. The predicted molar refractivity (Wildman–Crippen MR) is 225 cm³/mol. The minimum atomic E-state index is -0.0131. The van der Waals surface area contributed by atoms with Gasteiger partial charge in [0.15, 0.2) is 18.0 Å². The fourth-order valence-electron chi connectivity index (χ4n) is 8.51. The van der Waals surface area contributed by atoms with Crippen LogP contribution < -0.4 is 13.7 Å². The fraction of sp³-hybridized carbons (Fsp3) is 0.265. The van der Waals surface area contributed by atoms with Gasteiger partial charge in [-0.1, -0.05) is 117 Å². The number of aromatic nitrogens is 2. The summed E-state index contributed by atoms with van der Waals surface area (Å²) in [7, 11) is 0. The van der Waals surface area contributed by atoms with E-state index in [-0.39, 0.29) is 37.3 Å². The topological polar surface area (TPSA) is 27.1 Å². The third kappa shape index (κ3) is 5.90. The Balaban J connectivity index is 0.00000427. The van der Waals surface area contributed by atoms with Crippen LogP contribution >= 0.6 is 0 Å². The first-order valence-corrected chi connectivity index (χ1v) is 19.2. The Kier molecular flexibility index (Phi) is 8.66. The Bertz CT molecular complexity index is 2580. The molecule has 7 aromatic rings. The SMILES string of the molecule is CC(C)(C)c1cc(C(C)(C)C)cc([N+]23[CH-][N+](c4[c-]c(Oc5cccc6c7ccccc7n(-c7cc(C(C)(C)C)ccn7)c56)ccc4)(C2)c2ccccc23)c1.[Pt+2]. The van der Waals surface area contributed by atoms with Gasteiger partial charge in [0.25, 0.3) is 0 Å². The Labute approximate surface area is 340 Å². The Morgan fingerprint density at radius 3 is 1.91 bits per heavy atom. The number of ether oxygens (including phenoxy) is 1. The van der Waals surface area contributed by atoms with E-state index >= 15 is 0 Å². The monoisotopic (exact) mass is 905 g/mol. The number of fused-ring (bicyclic) bond motifs is 3. The van der Waals surface area contributed by atoms with Crippen LogP contribution in [0.15, 0.2) is 121 Å². The van der Waals surface area contributed by atoms with E-state index in [2.05, 4.69) is 189 Å². The average molecular weight is 906 g/mol. The molecular weight excluding hydrogens is 856 g/mol. The molecule has 0 radical (unpaired) electrons. The number of pyridine rings is 1. The summed E-state index contributed by atoms with van der Waals surface area (Å²) in [4.78, 5) is 4.91. The molecule has 6 heteroatoms. The molecule has 0 saturated carbocycles. The van der Waals surface area contributed by atoms with E-state index in [0.717, 1.165) is 40.3 Å². The number of quaternary nitrogens is 2. The summed E-state index contributed by atoms with van der Waals surface area (Å²) in [5.41, 5.74) is 11.1. The summed E-state index contributed by atoms with van der Waals surface area (Å²) in [5, 5.41) is 2.29. The maximum Gasteiger partial charge on any atom is 2.00 e. The standard InChI is InChI=1S/C49H50N4O.Pt/c1-47(2,3)33-24-25-50-45(29-33)51-41-20-11-10-18-39(41)40-19-15-23-44(46(40)51)54-38-17-14-16-36(30-38)52-31-53(32-52,43-22-13-12-21-42(43)52)37-27-34(48(4,5)6)26-35(28-37)49(7,8)9;/h10-29,31H,32H2,1-9H3;/q;+2. The molecule has 1 saturated heterocycles. The normalized spacial score (nSPS) is 19.2. The molecule has 2 atom stereocenters. The van der Waals surface area contributed by atoms with E-state index < -0.39 is 0 Å². The smallest absolute Gasteiger partial charge is 0.481 e. The van der Waals surface area contributed by atoms with Crippen molar-refractivity contribution in [2.24, 2.45) is 0 Å². The molecule has 1 fully saturated rings. The van der Waals surface area contributed by atoms with Crippen molar-refractivity contribution in [3.63, 3.8) is 0 Å². The van der Waals surface area contributed by atoms with Crippen LogP contribution in [-0.4, -0.2) is 16.2 Å². The van der Waals surface area contributed by atoms with Crippen molar-refractivity contribution in [2.75, 3.05) is 6.67 Å². The van der Waals surface area contributed by atoms with Crippen molar-refractivity contribution in [1.82, 2.24) is 18.5 Å². The third-order valence-corrected chi connectivity index (χ3v) is 11.6. The molecule has 2 unspecified atom stereocenters. The minimum absolute atomic E-state index is 0. The summed E-state index contributed by atoms with van der Waals surface area (Å²) in [6.07, 6.45) is 1.92. The molecule has 3 aliphatic heterocycles. The second-order valence-corrected chi connectivity index (χ2v) is 18.4. The first-order valence-electron chi connectivity index (χ1n) is 19.2. The van der Waals surface area contributed by atoms with E-state index in [1.807, 2.05) is 12.3 Å². The van der Waals surface area contributed by atoms with Gasteiger partial charge in [-0.3, -0.25) is 9.05 Å². The zero-order valence-electron chi connectivity index (χ0n) is 33.3. The summed E-state index contributed by atoms with van der Waals surface area (Å²) in [6, 6.07) is 45.5. The number of hydrogen-bond donors (Lipinski definition) is 0. The Hall–Kier alpha value is -4.54. The van der Waals surface area contributed by atoms with Gasteiger partial charge >= 0.3 is 21.1 Å². The third-order valence-electron chi connectivity index (χ3n) is 11.6.